The third-order valence-corrected chi connectivity index (χ3v) is 2.83. The summed E-state index contributed by atoms with van der Waals surface area (Å²) in [5.74, 6) is -0.0547. The predicted octanol–water partition coefficient (Wildman–Crippen LogP) is 3.37. The fourth-order valence-electron chi connectivity index (χ4n) is 1.00. The Morgan fingerprint density at radius 2 is 2.29 bits per heavy atom. The Labute approximate surface area is 114 Å². The van der Waals surface area contributed by atoms with Gasteiger partial charge in [-0.15, -0.1) is 17.9 Å². The number of thiophene rings is 1. The van der Waals surface area contributed by atoms with E-state index < -0.39 is 0 Å². The van der Waals surface area contributed by atoms with Gasteiger partial charge in [0.15, 0.2) is 0 Å². The molecule has 0 spiro atoms. The third-order valence-electron chi connectivity index (χ3n) is 1.82. The first-order chi connectivity index (χ1) is 6.25. The van der Waals surface area contributed by atoms with Crippen molar-refractivity contribution in [3.8, 4) is 0 Å². The molecule has 1 rings (SSSR count). The maximum Gasteiger partial charge on any atom is 0.0924 e. The number of nitrogens with zero attached hydrogens (tertiary/aromatic N) is 1. The van der Waals surface area contributed by atoms with Crippen molar-refractivity contribution in [2.45, 2.75) is 26.7 Å². The Balaban J connectivity index is 0.00000169. The maximum absolute atomic E-state index is 11.4. The molecule has 0 saturated carbocycles. The number of rotatable bonds is 4. The first-order valence-electron chi connectivity index (χ1n) is 4.51. The molecule has 0 fully saturated rings. The van der Waals surface area contributed by atoms with E-state index in [0.717, 1.165) is 23.3 Å². The number of amides is 1. The van der Waals surface area contributed by atoms with Crippen LogP contribution >= 0.6 is 11.3 Å². The zero-order valence-electron chi connectivity index (χ0n) is 8.62. The van der Waals surface area contributed by atoms with Crippen molar-refractivity contribution in [1.29, 1.82) is 0 Å². The van der Waals surface area contributed by atoms with Gasteiger partial charge in [0.1, 0.15) is 0 Å². The third kappa shape index (κ3) is 4.20. The second kappa shape index (κ2) is 7.55. The van der Waals surface area contributed by atoms with Crippen molar-refractivity contribution < 1.29 is 37.5 Å². The molecule has 1 heterocycles. The summed E-state index contributed by atoms with van der Waals surface area (Å²) in [4.78, 5) is 12.2. The van der Waals surface area contributed by atoms with Gasteiger partial charge in [0.05, 0.1) is 10.8 Å². The molecule has 1 aromatic heterocycles. The van der Waals surface area contributed by atoms with Crippen molar-refractivity contribution in [2.24, 2.45) is 0 Å². The summed E-state index contributed by atoms with van der Waals surface area (Å²) >= 11 is 1.47. The van der Waals surface area contributed by atoms with Gasteiger partial charge in [0.2, 0.25) is 0 Å². The molecular formula is C10H14NOSY-. The average Bonchev–Trinajstić information content (AvgIpc) is 2.52. The molecule has 1 amide bonds. The molecule has 0 aliphatic rings. The zero-order chi connectivity index (χ0) is 9.68. The fourth-order valence-corrected chi connectivity index (χ4v) is 1.83. The van der Waals surface area contributed by atoms with Crippen molar-refractivity contribution in [3.05, 3.63) is 27.2 Å². The first-order valence-corrected chi connectivity index (χ1v) is 5.39. The van der Waals surface area contributed by atoms with Crippen molar-refractivity contribution in [3.63, 3.8) is 0 Å². The Morgan fingerprint density at radius 3 is 2.79 bits per heavy atom. The van der Waals surface area contributed by atoms with Gasteiger partial charge in [-0.05, 0) is 23.9 Å². The van der Waals surface area contributed by atoms with E-state index in [1.165, 1.54) is 11.3 Å². The monoisotopic (exact) mass is 285 g/mol. The summed E-state index contributed by atoms with van der Waals surface area (Å²) in [6, 6.07) is 1.95. The van der Waals surface area contributed by atoms with E-state index in [4.69, 9.17) is 0 Å². The van der Waals surface area contributed by atoms with Crippen molar-refractivity contribution in [2.75, 3.05) is 6.54 Å². The van der Waals surface area contributed by atoms with Crippen molar-refractivity contribution in [1.82, 2.24) is 0 Å². The molecule has 0 bridgehead atoms. The molecule has 0 aliphatic heterocycles. The van der Waals surface area contributed by atoms with Crippen LogP contribution in [0.5, 0.6) is 0 Å². The van der Waals surface area contributed by atoms with Crippen LogP contribution in [0, 0.1) is 6.92 Å². The van der Waals surface area contributed by atoms with Crippen LogP contribution in [0.3, 0.4) is 0 Å². The van der Waals surface area contributed by atoms with Gasteiger partial charge in [0, 0.05) is 32.7 Å². The minimum Gasteiger partial charge on any atom is -0.648 e. The molecule has 0 N–H and O–H groups in total. The Kier molecular flexibility index (Phi) is 7.70. The number of unbranched alkanes of at least 4 members (excludes halogenated alkanes) is 1. The Bertz CT molecular complexity index is 285. The van der Waals surface area contributed by atoms with E-state index in [2.05, 4.69) is 12.2 Å². The zero-order valence-corrected chi connectivity index (χ0v) is 12.3. The van der Waals surface area contributed by atoms with E-state index in [1.807, 2.05) is 18.4 Å². The summed E-state index contributed by atoms with van der Waals surface area (Å²) in [5.41, 5.74) is 1.04. The standard InChI is InChI=1S/C10H15NOS.Y/c1-3-4-6-11-10(12)9-8(2)5-7-13-9;/h5,7H,3-4,6H2,1-2H3,(H,11,12);/p-1. The van der Waals surface area contributed by atoms with E-state index >= 15 is 0 Å². The molecule has 1 radical (unpaired) electrons. The molecule has 0 unspecified atom stereocenters. The second-order valence-corrected chi connectivity index (χ2v) is 3.89. The molecule has 4 heteroatoms. The van der Waals surface area contributed by atoms with Crippen LogP contribution in [0.25, 0.3) is 5.32 Å². The molecule has 0 saturated heterocycles. The van der Waals surface area contributed by atoms with E-state index in [0.29, 0.717) is 6.54 Å². The number of aryl methyl sites for hydroxylation is 1. The molecule has 0 atom stereocenters. The van der Waals surface area contributed by atoms with Crippen LogP contribution in [0.2, 0.25) is 0 Å². The largest absolute Gasteiger partial charge is 0.648 e. The van der Waals surface area contributed by atoms with Crippen molar-refractivity contribution >= 4 is 17.2 Å². The van der Waals surface area contributed by atoms with Gasteiger partial charge in [-0.2, -0.15) is 0 Å². The normalized spacial score (nSPS) is 9.29. The summed E-state index contributed by atoms with van der Waals surface area (Å²) < 4.78 is 0. The minimum absolute atomic E-state index is 0. The average molecular weight is 285 g/mol. The summed E-state index contributed by atoms with van der Waals surface area (Å²) in [7, 11) is 0. The summed E-state index contributed by atoms with van der Waals surface area (Å²) in [6.07, 6.45) is 2.08. The molecule has 0 aliphatic carbocycles. The number of hydrogen-bond donors (Lipinski definition) is 0. The van der Waals surface area contributed by atoms with E-state index in [-0.39, 0.29) is 38.6 Å². The van der Waals surface area contributed by atoms with Gasteiger partial charge in [0.25, 0.3) is 0 Å². The predicted molar refractivity (Wildman–Crippen MR) is 56.5 cm³/mol. The first kappa shape index (κ1) is 14.3. The molecule has 75 valence electrons. The molecule has 0 aromatic carbocycles. The second-order valence-electron chi connectivity index (χ2n) is 2.97. The quantitative estimate of drug-likeness (QED) is 0.780. The number of hydrogen-bond acceptors (Lipinski definition) is 2. The van der Waals surface area contributed by atoms with Crippen LogP contribution in [0.4, 0.5) is 0 Å². The van der Waals surface area contributed by atoms with Gasteiger partial charge >= 0.3 is 0 Å². The van der Waals surface area contributed by atoms with Gasteiger partial charge in [-0.25, -0.2) is 0 Å². The van der Waals surface area contributed by atoms with Gasteiger partial charge < -0.3 is 10.1 Å². The Hall–Kier alpha value is 0.274. The fraction of sp³-hybridized carbons (Fsp3) is 0.500. The molecule has 1 aromatic rings. The Morgan fingerprint density at radius 1 is 1.57 bits per heavy atom. The van der Waals surface area contributed by atoms with Gasteiger partial charge in [-0.3, -0.25) is 0 Å². The smallest absolute Gasteiger partial charge is 0.0924 e. The topological polar surface area (TPSA) is 31.2 Å². The summed E-state index contributed by atoms with van der Waals surface area (Å²) in [5, 5.41) is 5.92. The van der Waals surface area contributed by atoms with E-state index in [1.54, 1.807) is 0 Å². The maximum atomic E-state index is 11.4. The number of carbonyl (C=O) groups excluding carboxylic acids is 1. The molecule has 2 nitrogen and oxygen atoms in total. The van der Waals surface area contributed by atoms with Crippen LogP contribution < -0.4 is 0 Å². The molecular weight excluding hydrogens is 271 g/mol. The SMILES string of the molecule is CCCC[N-]C(=O)c1sccc1C.[Y]. The van der Waals surface area contributed by atoms with Crippen LogP contribution in [-0.4, -0.2) is 12.5 Å². The van der Waals surface area contributed by atoms with Crippen LogP contribution in [0.15, 0.2) is 11.4 Å². The van der Waals surface area contributed by atoms with Crippen LogP contribution in [-0.2, 0) is 32.7 Å². The summed E-state index contributed by atoms with van der Waals surface area (Å²) in [6.45, 7) is 4.70. The van der Waals surface area contributed by atoms with Gasteiger partial charge in [-0.1, -0.05) is 19.8 Å². The van der Waals surface area contributed by atoms with E-state index in [9.17, 15) is 4.79 Å². The molecule has 14 heavy (non-hydrogen) atoms. The minimum atomic E-state index is -0.0547. The number of carbonyl (C=O) groups is 1. The van der Waals surface area contributed by atoms with Crippen LogP contribution in [0.1, 0.15) is 35.0 Å².